The number of amides is 1. The molecule has 3 rings (SSSR count). The molecule has 21 heavy (non-hydrogen) atoms. The molecule has 1 atom stereocenters. The van der Waals surface area contributed by atoms with E-state index in [2.05, 4.69) is 5.32 Å². The zero-order chi connectivity index (χ0) is 14.8. The van der Waals surface area contributed by atoms with Crippen LogP contribution in [0.15, 0.2) is 23.1 Å². The van der Waals surface area contributed by atoms with Crippen LogP contribution in [0.5, 0.6) is 0 Å². The van der Waals surface area contributed by atoms with Gasteiger partial charge in [0.1, 0.15) is 0 Å². The Balaban J connectivity index is 1.74. The second kappa shape index (κ2) is 6.02. The van der Waals surface area contributed by atoms with E-state index < -0.39 is 0 Å². The van der Waals surface area contributed by atoms with Crippen LogP contribution in [0.4, 0.5) is 0 Å². The predicted octanol–water partition coefficient (Wildman–Crippen LogP) is 1.13. The van der Waals surface area contributed by atoms with E-state index in [1.165, 1.54) is 23.5 Å². The Morgan fingerprint density at radius 2 is 2.19 bits per heavy atom. The molecule has 1 aromatic rings. The van der Waals surface area contributed by atoms with E-state index in [4.69, 9.17) is 0 Å². The van der Waals surface area contributed by atoms with Crippen LogP contribution in [0.25, 0.3) is 0 Å². The highest BCUT2D eigenvalue weighted by molar-refractivity contribution is 5.94. The first-order chi connectivity index (χ1) is 10.1. The van der Waals surface area contributed by atoms with Crippen molar-refractivity contribution in [2.45, 2.75) is 44.2 Å². The average Bonchev–Trinajstić information content (AvgIpc) is 3.33. The lowest BCUT2D eigenvalue weighted by molar-refractivity contribution is 0.0717. The van der Waals surface area contributed by atoms with Gasteiger partial charge in [-0.05, 0) is 38.3 Å². The Bertz CT molecular complexity index is 571. The lowest BCUT2D eigenvalue weighted by Crippen LogP contribution is -2.46. The van der Waals surface area contributed by atoms with Gasteiger partial charge in [-0.2, -0.15) is 0 Å². The molecule has 1 saturated heterocycles. The van der Waals surface area contributed by atoms with Crippen LogP contribution >= 0.6 is 0 Å². The Morgan fingerprint density at radius 1 is 1.38 bits per heavy atom. The number of rotatable bonds is 4. The van der Waals surface area contributed by atoms with E-state index >= 15 is 0 Å². The Morgan fingerprint density at radius 3 is 2.81 bits per heavy atom. The Kier molecular flexibility index (Phi) is 4.10. The van der Waals surface area contributed by atoms with Gasteiger partial charge in [0.2, 0.25) is 0 Å². The number of nitrogens with one attached hydrogen (secondary N) is 1. The van der Waals surface area contributed by atoms with E-state index in [1.807, 2.05) is 4.90 Å². The van der Waals surface area contributed by atoms with Crippen molar-refractivity contribution >= 4 is 5.91 Å². The molecular formula is C16H23N3O2. The fourth-order valence-electron chi connectivity index (χ4n) is 2.95. The monoisotopic (exact) mass is 289 g/mol. The highest BCUT2D eigenvalue weighted by Crippen LogP contribution is 2.29. The summed E-state index contributed by atoms with van der Waals surface area (Å²) < 4.78 is 1.49. The van der Waals surface area contributed by atoms with E-state index in [9.17, 15) is 9.59 Å². The van der Waals surface area contributed by atoms with Crippen molar-refractivity contribution in [2.24, 2.45) is 7.05 Å². The normalized spacial score (nSPS) is 22.0. The summed E-state index contributed by atoms with van der Waals surface area (Å²) >= 11 is 0. The summed E-state index contributed by atoms with van der Waals surface area (Å²) in [6.07, 6.45) is 7.43. The molecular weight excluding hydrogens is 266 g/mol. The summed E-state index contributed by atoms with van der Waals surface area (Å²) in [4.78, 5) is 26.4. The van der Waals surface area contributed by atoms with Gasteiger partial charge in [-0.25, -0.2) is 0 Å². The van der Waals surface area contributed by atoms with Crippen LogP contribution in [0.1, 0.15) is 42.5 Å². The van der Waals surface area contributed by atoms with Crippen LogP contribution in [-0.4, -0.2) is 40.5 Å². The minimum absolute atomic E-state index is 0.00238. The zero-order valence-electron chi connectivity index (χ0n) is 12.5. The van der Waals surface area contributed by atoms with Gasteiger partial charge >= 0.3 is 0 Å². The number of pyridine rings is 1. The maximum absolute atomic E-state index is 12.7. The number of aromatic nitrogens is 1. The van der Waals surface area contributed by atoms with Gasteiger partial charge in [-0.3, -0.25) is 9.59 Å². The standard InChI is InChI=1S/C16H23N3O2/c1-18-9-7-12(10-15(18)20)16(21)19(14-5-6-14)11-13-4-2-3-8-17-13/h7,9-10,13-14,17H,2-6,8,11H2,1H3. The third kappa shape index (κ3) is 3.35. The largest absolute Gasteiger partial charge is 0.334 e. The van der Waals surface area contributed by atoms with Crippen molar-refractivity contribution in [3.63, 3.8) is 0 Å². The number of hydrogen-bond acceptors (Lipinski definition) is 3. The maximum atomic E-state index is 12.7. The highest BCUT2D eigenvalue weighted by Gasteiger charge is 2.34. The molecule has 5 nitrogen and oxygen atoms in total. The molecule has 114 valence electrons. The molecule has 2 aliphatic rings. The van der Waals surface area contributed by atoms with Crippen LogP contribution in [0, 0.1) is 0 Å². The summed E-state index contributed by atoms with van der Waals surface area (Å²) in [5.74, 6) is 0.00238. The van der Waals surface area contributed by atoms with Gasteiger partial charge in [-0.15, -0.1) is 0 Å². The molecule has 0 radical (unpaired) electrons. The van der Waals surface area contributed by atoms with Crippen LogP contribution in [0.3, 0.4) is 0 Å². The molecule has 0 bridgehead atoms. The van der Waals surface area contributed by atoms with Gasteiger partial charge in [0.15, 0.2) is 0 Å². The molecule has 2 heterocycles. The third-order valence-corrected chi connectivity index (χ3v) is 4.43. The molecule has 1 aliphatic heterocycles. The van der Waals surface area contributed by atoms with Crippen molar-refractivity contribution < 1.29 is 4.79 Å². The smallest absolute Gasteiger partial charge is 0.254 e. The molecule has 1 aliphatic carbocycles. The molecule has 5 heteroatoms. The van der Waals surface area contributed by atoms with E-state index in [0.717, 1.165) is 32.4 Å². The minimum atomic E-state index is -0.132. The van der Waals surface area contributed by atoms with E-state index in [1.54, 1.807) is 19.3 Å². The van der Waals surface area contributed by atoms with Gasteiger partial charge in [0.25, 0.3) is 11.5 Å². The Labute approximate surface area is 124 Å². The summed E-state index contributed by atoms with van der Waals surface area (Å²) in [6, 6.07) is 3.96. The predicted molar refractivity (Wildman–Crippen MR) is 81.4 cm³/mol. The second-order valence-corrected chi connectivity index (χ2v) is 6.20. The quantitative estimate of drug-likeness (QED) is 0.904. The van der Waals surface area contributed by atoms with E-state index in [0.29, 0.717) is 17.6 Å². The van der Waals surface area contributed by atoms with Gasteiger partial charge in [0, 0.05) is 43.5 Å². The van der Waals surface area contributed by atoms with Gasteiger partial charge in [-0.1, -0.05) is 6.42 Å². The number of piperidine rings is 1. The lowest BCUT2D eigenvalue weighted by atomic mass is 10.0. The molecule has 0 spiro atoms. The lowest BCUT2D eigenvalue weighted by Gasteiger charge is -2.31. The van der Waals surface area contributed by atoms with Crippen molar-refractivity contribution in [2.75, 3.05) is 13.1 Å². The summed E-state index contributed by atoms with van der Waals surface area (Å²) in [5.41, 5.74) is 0.383. The molecule has 2 fully saturated rings. The van der Waals surface area contributed by atoms with Gasteiger partial charge < -0.3 is 14.8 Å². The van der Waals surface area contributed by atoms with Crippen LogP contribution in [0.2, 0.25) is 0 Å². The molecule has 1 amide bonds. The molecule has 1 saturated carbocycles. The fraction of sp³-hybridized carbons (Fsp3) is 0.625. The first-order valence-electron chi connectivity index (χ1n) is 7.86. The van der Waals surface area contributed by atoms with Crippen molar-refractivity contribution in [3.05, 3.63) is 34.2 Å². The first-order valence-corrected chi connectivity index (χ1v) is 7.86. The van der Waals surface area contributed by atoms with Crippen LogP contribution in [-0.2, 0) is 7.05 Å². The topological polar surface area (TPSA) is 54.3 Å². The van der Waals surface area contributed by atoms with Crippen molar-refractivity contribution in [3.8, 4) is 0 Å². The number of aryl methyl sites for hydroxylation is 1. The number of carbonyl (C=O) groups is 1. The summed E-state index contributed by atoms with van der Waals surface area (Å²) in [5, 5.41) is 3.50. The summed E-state index contributed by atoms with van der Waals surface area (Å²) in [6.45, 7) is 1.81. The number of nitrogens with zero attached hydrogens (tertiary/aromatic N) is 2. The summed E-state index contributed by atoms with van der Waals surface area (Å²) in [7, 11) is 1.70. The highest BCUT2D eigenvalue weighted by atomic mass is 16.2. The van der Waals surface area contributed by atoms with Gasteiger partial charge in [0.05, 0.1) is 0 Å². The second-order valence-electron chi connectivity index (χ2n) is 6.20. The molecule has 1 N–H and O–H groups in total. The van der Waals surface area contributed by atoms with Crippen LogP contribution < -0.4 is 10.9 Å². The Hall–Kier alpha value is -1.62. The third-order valence-electron chi connectivity index (χ3n) is 4.43. The zero-order valence-corrected chi connectivity index (χ0v) is 12.5. The molecule has 0 aromatic carbocycles. The van der Waals surface area contributed by atoms with Crippen molar-refractivity contribution in [1.29, 1.82) is 0 Å². The fourth-order valence-corrected chi connectivity index (χ4v) is 2.95. The van der Waals surface area contributed by atoms with Crippen molar-refractivity contribution in [1.82, 2.24) is 14.8 Å². The number of carbonyl (C=O) groups excluding carboxylic acids is 1. The SMILES string of the molecule is Cn1ccc(C(=O)N(CC2CCCCN2)C2CC2)cc1=O. The molecule has 1 aromatic heterocycles. The first kappa shape index (κ1) is 14.3. The number of hydrogen-bond donors (Lipinski definition) is 1. The minimum Gasteiger partial charge on any atom is -0.334 e. The van der Waals surface area contributed by atoms with E-state index in [-0.39, 0.29) is 11.5 Å². The maximum Gasteiger partial charge on any atom is 0.254 e. The average molecular weight is 289 g/mol. The molecule has 1 unspecified atom stereocenters.